The molecule has 0 bridgehead atoms. The normalized spacial score (nSPS) is 18.0. The van der Waals surface area contributed by atoms with Gasteiger partial charge in [-0.2, -0.15) is 0 Å². The summed E-state index contributed by atoms with van der Waals surface area (Å²) in [6.07, 6.45) is 6.39. The minimum atomic E-state index is -0.284. The van der Waals surface area contributed by atoms with Crippen LogP contribution in [0.2, 0.25) is 0 Å². The summed E-state index contributed by atoms with van der Waals surface area (Å²) in [4.78, 5) is 0.228. The molecule has 2 nitrogen and oxygen atoms in total. The van der Waals surface area contributed by atoms with Crippen molar-refractivity contribution in [1.29, 1.82) is 0 Å². The first-order valence-corrected chi connectivity index (χ1v) is 7.34. The molecule has 3 N–H and O–H groups in total. The molecule has 104 valence electrons. The van der Waals surface area contributed by atoms with E-state index in [1.165, 1.54) is 38.2 Å². The van der Waals surface area contributed by atoms with E-state index in [0.29, 0.717) is 23.2 Å². The zero-order valence-corrected chi connectivity index (χ0v) is 12.1. The molecule has 1 atom stereocenters. The average molecular weight is 280 g/mol. The van der Waals surface area contributed by atoms with Crippen molar-refractivity contribution in [1.82, 2.24) is 0 Å². The van der Waals surface area contributed by atoms with Gasteiger partial charge >= 0.3 is 0 Å². The van der Waals surface area contributed by atoms with Crippen LogP contribution in [0.4, 0.5) is 10.1 Å². The molecule has 2 rings (SSSR count). The molecule has 0 aromatic heterocycles. The Bertz CT molecular complexity index is 455. The third-order valence-corrected chi connectivity index (χ3v) is 4.23. The van der Waals surface area contributed by atoms with Crippen LogP contribution in [0.25, 0.3) is 0 Å². The Labute approximate surface area is 119 Å². The molecular weight excluding hydrogens is 259 g/mol. The van der Waals surface area contributed by atoms with Crippen LogP contribution in [-0.2, 0) is 0 Å². The quantitative estimate of drug-likeness (QED) is 0.823. The predicted molar refractivity (Wildman–Crippen MR) is 81.9 cm³/mol. The molecule has 0 radical (unpaired) electrons. The van der Waals surface area contributed by atoms with Crippen molar-refractivity contribution >= 4 is 22.9 Å². The molecule has 1 aliphatic carbocycles. The van der Waals surface area contributed by atoms with Gasteiger partial charge in [-0.25, -0.2) is 4.39 Å². The molecule has 1 aromatic rings. The van der Waals surface area contributed by atoms with Gasteiger partial charge in [0.15, 0.2) is 0 Å². The third-order valence-electron chi connectivity index (χ3n) is 3.99. The molecule has 4 heteroatoms. The van der Waals surface area contributed by atoms with E-state index in [1.807, 2.05) is 0 Å². The van der Waals surface area contributed by atoms with Gasteiger partial charge in [0.25, 0.3) is 0 Å². The SMILES string of the molecule is CC(Nc1ccc(C(N)=S)cc1F)C1CCCCC1. The highest BCUT2D eigenvalue weighted by Gasteiger charge is 2.20. The number of hydrogen-bond acceptors (Lipinski definition) is 2. The Morgan fingerprint density at radius 1 is 1.37 bits per heavy atom. The van der Waals surface area contributed by atoms with Crippen LogP contribution in [-0.4, -0.2) is 11.0 Å². The molecule has 1 saturated carbocycles. The Hall–Kier alpha value is -1.16. The zero-order valence-electron chi connectivity index (χ0n) is 11.3. The second kappa shape index (κ2) is 6.33. The fraction of sp³-hybridized carbons (Fsp3) is 0.533. The number of thiocarbonyl (C=S) groups is 1. The molecule has 1 fully saturated rings. The van der Waals surface area contributed by atoms with Crippen molar-refractivity contribution in [2.45, 2.75) is 45.1 Å². The van der Waals surface area contributed by atoms with E-state index in [4.69, 9.17) is 18.0 Å². The molecule has 0 saturated heterocycles. The number of hydrogen-bond donors (Lipinski definition) is 2. The number of rotatable bonds is 4. The van der Waals surface area contributed by atoms with Crippen molar-refractivity contribution in [3.05, 3.63) is 29.6 Å². The van der Waals surface area contributed by atoms with Crippen molar-refractivity contribution in [3.8, 4) is 0 Å². The molecule has 0 amide bonds. The fourth-order valence-corrected chi connectivity index (χ4v) is 2.91. The average Bonchev–Trinajstić information content (AvgIpc) is 2.41. The first-order chi connectivity index (χ1) is 9.08. The summed E-state index contributed by atoms with van der Waals surface area (Å²) in [6, 6.07) is 5.19. The van der Waals surface area contributed by atoms with Gasteiger partial charge in [0.05, 0.1) is 5.69 Å². The van der Waals surface area contributed by atoms with Crippen LogP contribution in [0, 0.1) is 11.7 Å². The molecule has 0 spiro atoms. The summed E-state index contributed by atoms with van der Waals surface area (Å²) in [5, 5.41) is 3.29. The van der Waals surface area contributed by atoms with Crippen molar-refractivity contribution in [2.24, 2.45) is 11.7 Å². The van der Waals surface area contributed by atoms with Crippen LogP contribution < -0.4 is 11.1 Å². The van der Waals surface area contributed by atoms with E-state index in [-0.39, 0.29) is 10.8 Å². The van der Waals surface area contributed by atoms with Gasteiger partial charge in [-0.15, -0.1) is 0 Å². The fourth-order valence-electron chi connectivity index (χ4n) is 2.78. The van der Waals surface area contributed by atoms with E-state index in [0.717, 1.165) is 0 Å². The molecule has 1 aromatic carbocycles. The predicted octanol–water partition coefficient (Wildman–Crippen LogP) is 3.84. The molecule has 1 unspecified atom stereocenters. The summed E-state index contributed by atoms with van der Waals surface area (Å²) >= 11 is 4.85. The van der Waals surface area contributed by atoms with Gasteiger partial charge in [-0.3, -0.25) is 0 Å². The maximum Gasteiger partial charge on any atom is 0.146 e. The maximum absolute atomic E-state index is 14.0. The summed E-state index contributed by atoms with van der Waals surface area (Å²) < 4.78 is 14.0. The van der Waals surface area contributed by atoms with E-state index >= 15 is 0 Å². The maximum atomic E-state index is 14.0. The Balaban J connectivity index is 2.03. The van der Waals surface area contributed by atoms with Gasteiger partial charge in [-0.05, 0) is 43.9 Å². The van der Waals surface area contributed by atoms with E-state index < -0.39 is 0 Å². The standard InChI is InChI=1S/C15H21FN2S/c1-10(11-5-3-2-4-6-11)18-14-8-7-12(15(17)19)9-13(14)16/h7-11,18H,2-6H2,1H3,(H2,17,19). The highest BCUT2D eigenvalue weighted by molar-refractivity contribution is 7.80. The topological polar surface area (TPSA) is 38.0 Å². The lowest BCUT2D eigenvalue weighted by Crippen LogP contribution is -2.28. The van der Waals surface area contributed by atoms with E-state index in [9.17, 15) is 4.39 Å². The van der Waals surface area contributed by atoms with E-state index in [1.54, 1.807) is 12.1 Å². The van der Waals surface area contributed by atoms with Gasteiger partial charge in [0.1, 0.15) is 10.8 Å². The van der Waals surface area contributed by atoms with Gasteiger partial charge in [0.2, 0.25) is 0 Å². The van der Waals surface area contributed by atoms with Crippen LogP contribution >= 0.6 is 12.2 Å². The number of anilines is 1. The smallest absolute Gasteiger partial charge is 0.146 e. The van der Waals surface area contributed by atoms with Crippen LogP contribution in [0.5, 0.6) is 0 Å². The first kappa shape index (κ1) is 14.3. The number of nitrogens with two attached hydrogens (primary N) is 1. The molecule has 0 heterocycles. The Morgan fingerprint density at radius 2 is 2.05 bits per heavy atom. The first-order valence-electron chi connectivity index (χ1n) is 6.94. The minimum Gasteiger partial charge on any atom is -0.389 e. The minimum absolute atomic E-state index is 0.228. The summed E-state index contributed by atoms with van der Waals surface area (Å²) in [6.45, 7) is 2.14. The monoisotopic (exact) mass is 280 g/mol. The van der Waals surface area contributed by atoms with Crippen molar-refractivity contribution < 1.29 is 4.39 Å². The van der Waals surface area contributed by atoms with Crippen molar-refractivity contribution in [2.75, 3.05) is 5.32 Å². The van der Waals surface area contributed by atoms with Crippen LogP contribution in [0.15, 0.2) is 18.2 Å². The lowest BCUT2D eigenvalue weighted by molar-refractivity contribution is 0.328. The molecule has 0 aliphatic heterocycles. The van der Waals surface area contributed by atoms with Crippen LogP contribution in [0.1, 0.15) is 44.6 Å². The van der Waals surface area contributed by atoms with Gasteiger partial charge < -0.3 is 11.1 Å². The second-order valence-electron chi connectivity index (χ2n) is 5.39. The van der Waals surface area contributed by atoms with Crippen LogP contribution in [0.3, 0.4) is 0 Å². The Kier molecular flexibility index (Phi) is 4.75. The lowest BCUT2D eigenvalue weighted by Gasteiger charge is -2.29. The molecule has 19 heavy (non-hydrogen) atoms. The lowest BCUT2D eigenvalue weighted by atomic mass is 9.84. The summed E-state index contributed by atoms with van der Waals surface area (Å²) in [5.74, 6) is 0.358. The highest BCUT2D eigenvalue weighted by atomic mass is 32.1. The number of benzene rings is 1. The largest absolute Gasteiger partial charge is 0.389 e. The molecule has 1 aliphatic rings. The second-order valence-corrected chi connectivity index (χ2v) is 5.83. The Morgan fingerprint density at radius 3 is 2.63 bits per heavy atom. The number of halogens is 1. The molecular formula is C15H21FN2S. The number of nitrogens with one attached hydrogen (secondary N) is 1. The van der Waals surface area contributed by atoms with Crippen molar-refractivity contribution in [3.63, 3.8) is 0 Å². The third kappa shape index (κ3) is 3.66. The van der Waals surface area contributed by atoms with Gasteiger partial charge in [-0.1, -0.05) is 31.5 Å². The highest BCUT2D eigenvalue weighted by Crippen LogP contribution is 2.28. The van der Waals surface area contributed by atoms with Gasteiger partial charge in [0, 0.05) is 11.6 Å². The summed E-state index contributed by atoms with van der Waals surface area (Å²) in [5.41, 5.74) is 6.61. The summed E-state index contributed by atoms with van der Waals surface area (Å²) in [7, 11) is 0. The zero-order chi connectivity index (χ0) is 13.8. The van der Waals surface area contributed by atoms with E-state index in [2.05, 4.69) is 12.2 Å².